The van der Waals surface area contributed by atoms with Gasteiger partial charge in [0.25, 0.3) is 0 Å². The number of anilines is 2. The Kier molecular flexibility index (Phi) is 7.38. The maximum absolute atomic E-state index is 13.4. The monoisotopic (exact) mass is 552 g/mol. The second-order valence-electron chi connectivity index (χ2n) is 8.09. The molecule has 0 saturated heterocycles. The number of amides is 2. The number of halogens is 6. The summed E-state index contributed by atoms with van der Waals surface area (Å²) < 4.78 is 89.1. The Balaban J connectivity index is 1.50. The number of aromatic nitrogens is 2. The number of H-pyrrole nitrogens is 1. The molecule has 204 valence electrons. The van der Waals surface area contributed by atoms with Crippen molar-refractivity contribution in [1.29, 1.82) is 0 Å². The lowest BCUT2D eigenvalue weighted by molar-refractivity contribution is -0.143. The number of rotatable bonds is 6. The third-order valence-corrected chi connectivity index (χ3v) is 5.44. The molecule has 0 atom stereocenters. The molecule has 0 radical (unpaired) electrons. The number of nitrogens with zero attached hydrogens (tertiary/aromatic N) is 1. The van der Waals surface area contributed by atoms with E-state index in [9.17, 15) is 35.9 Å². The lowest BCUT2D eigenvalue weighted by Gasteiger charge is -2.16. The van der Waals surface area contributed by atoms with Crippen molar-refractivity contribution in [3.8, 4) is 5.75 Å². The highest BCUT2D eigenvalue weighted by molar-refractivity contribution is 6.05. The first-order valence-electron chi connectivity index (χ1n) is 11.0. The van der Waals surface area contributed by atoms with Gasteiger partial charge in [0.05, 0.1) is 29.3 Å². The molecular weight excluding hydrogens is 534 g/mol. The van der Waals surface area contributed by atoms with E-state index in [1.165, 1.54) is 49.6 Å². The number of urea groups is 1. The first-order valence-corrected chi connectivity index (χ1v) is 11.0. The molecule has 1 aromatic heterocycles. The van der Waals surface area contributed by atoms with Gasteiger partial charge < -0.3 is 14.8 Å². The van der Waals surface area contributed by atoms with Gasteiger partial charge in [0.2, 0.25) is 0 Å². The van der Waals surface area contributed by atoms with Crippen molar-refractivity contribution in [2.24, 2.45) is 0 Å². The Morgan fingerprint density at radius 2 is 1.69 bits per heavy atom. The first kappa shape index (κ1) is 27.3. The van der Waals surface area contributed by atoms with Gasteiger partial charge in [0.15, 0.2) is 5.82 Å². The molecule has 1 heterocycles. The van der Waals surface area contributed by atoms with E-state index in [1.54, 1.807) is 0 Å². The quantitative estimate of drug-likeness (QED) is 0.184. The molecule has 0 bridgehead atoms. The lowest BCUT2D eigenvalue weighted by atomic mass is 10.0. The van der Waals surface area contributed by atoms with Crippen molar-refractivity contribution >= 4 is 34.4 Å². The molecule has 4 aromatic rings. The number of alkyl halides is 6. The molecule has 0 spiro atoms. The van der Waals surface area contributed by atoms with Crippen LogP contribution in [0, 0.1) is 0 Å². The van der Waals surface area contributed by atoms with E-state index in [0.29, 0.717) is 23.0 Å². The van der Waals surface area contributed by atoms with Crippen LogP contribution in [0.15, 0.2) is 60.7 Å². The van der Waals surface area contributed by atoms with Crippen LogP contribution >= 0.6 is 0 Å². The van der Waals surface area contributed by atoms with Crippen LogP contribution in [-0.2, 0) is 23.7 Å². The molecule has 0 aliphatic carbocycles. The van der Waals surface area contributed by atoms with Crippen LogP contribution in [0.25, 0.3) is 10.9 Å². The fraction of sp³-hybridized carbons (Fsp3) is 0.160. The highest BCUT2D eigenvalue weighted by Crippen LogP contribution is 2.38. The largest absolute Gasteiger partial charge is 0.489 e. The second kappa shape index (κ2) is 10.6. The molecule has 8 nitrogen and oxygen atoms in total. The van der Waals surface area contributed by atoms with E-state index in [0.717, 1.165) is 0 Å². The minimum atomic E-state index is -5.03. The highest BCUT2D eigenvalue weighted by atomic mass is 19.4. The van der Waals surface area contributed by atoms with Crippen molar-refractivity contribution in [2.75, 3.05) is 17.7 Å². The Bertz CT molecular complexity index is 1530. The van der Waals surface area contributed by atoms with E-state index in [-0.39, 0.29) is 28.9 Å². The van der Waals surface area contributed by atoms with Gasteiger partial charge in [0, 0.05) is 16.6 Å². The molecule has 0 aliphatic rings. The van der Waals surface area contributed by atoms with Crippen LogP contribution in [0.1, 0.15) is 27.0 Å². The van der Waals surface area contributed by atoms with Crippen LogP contribution < -0.4 is 15.4 Å². The molecule has 4 rings (SSSR count). The molecule has 39 heavy (non-hydrogen) atoms. The molecule has 0 unspecified atom stereocenters. The molecule has 2 amide bonds. The van der Waals surface area contributed by atoms with E-state index in [2.05, 4.69) is 25.6 Å². The maximum Gasteiger partial charge on any atom is 0.416 e. The van der Waals surface area contributed by atoms with Crippen molar-refractivity contribution in [3.05, 3.63) is 82.9 Å². The van der Waals surface area contributed by atoms with Gasteiger partial charge in [-0.1, -0.05) is 12.1 Å². The third-order valence-electron chi connectivity index (χ3n) is 5.44. The molecule has 0 aliphatic heterocycles. The van der Waals surface area contributed by atoms with Gasteiger partial charge in [-0.2, -0.15) is 31.4 Å². The number of benzene rings is 3. The zero-order valence-electron chi connectivity index (χ0n) is 19.8. The number of carbonyl (C=O) groups excluding carboxylic acids is 2. The smallest absolute Gasteiger partial charge is 0.416 e. The molecule has 3 N–H and O–H groups in total. The zero-order valence-corrected chi connectivity index (χ0v) is 19.8. The molecule has 14 heteroatoms. The Morgan fingerprint density at radius 1 is 0.923 bits per heavy atom. The number of hydrogen-bond donors (Lipinski definition) is 3. The highest BCUT2D eigenvalue weighted by Gasteiger charge is 2.38. The average Bonchev–Trinajstić information content (AvgIpc) is 3.27. The number of esters is 1. The van der Waals surface area contributed by atoms with Crippen LogP contribution in [0.4, 0.5) is 42.6 Å². The zero-order chi connectivity index (χ0) is 28.4. The maximum atomic E-state index is 13.4. The number of carbonyl (C=O) groups is 2. The molecule has 0 fully saturated rings. The Labute approximate surface area is 215 Å². The number of methoxy groups -OCH3 is 1. The lowest BCUT2D eigenvalue weighted by Crippen LogP contribution is -2.20. The van der Waals surface area contributed by atoms with Gasteiger partial charge in [-0.15, -0.1) is 0 Å². The van der Waals surface area contributed by atoms with Crippen LogP contribution in [-0.4, -0.2) is 29.3 Å². The van der Waals surface area contributed by atoms with Gasteiger partial charge in [-0.05, 0) is 48.5 Å². The summed E-state index contributed by atoms with van der Waals surface area (Å²) in [5, 5.41) is 12.0. The standard InChI is InChI=1S/C25H18F6N4O4/c1-38-22(36)13-3-2-4-16(9-13)32-23(37)33-21-18-11-17(7-8-20(18)34-35-21)39-12-14-5-6-15(24(26,27)28)10-19(14)25(29,30)31/h2-11H,12H2,1H3,(H3,32,33,34,35,37). The van der Waals surface area contributed by atoms with E-state index >= 15 is 0 Å². The summed E-state index contributed by atoms with van der Waals surface area (Å²) in [6, 6.07) is 10.9. The Hall–Kier alpha value is -4.75. The predicted octanol–water partition coefficient (Wildman–Crippen LogP) is 6.61. The number of ether oxygens (including phenoxy) is 2. The number of hydrogen-bond acceptors (Lipinski definition) is 5. The summed E-state index contributed by atoms with van der Waals surface area (Å²) in [6.45, 7) is -0.671. The van der Waals surface area contributed by atoms with Crippen molar-refractivity contribution in [3.63, 3.8) is 0 Å². The third kappa shape index (κ3) is 6.40. The SMILES string of the molecule is COC(=O)c1cccc(NC(=O)Nc2n[nH]c3ccc(OCc4ccc(C(F)(F)F)cc4C(F)(F)F)cc23)c1. The van der Waals surface area contributed by atoms with Crippen molar-refractivity contribution in [2.45, 2.75) is 19.0 Å². The van der Waals surface area contributed by atoms with Crippen LogP contribution in [0.3, 0.4) is 0 Å². The normalized spacial score (nSPS) is 11.8. The number of aromatic amines is 1. The first-order chi connectivity index (χ1) is 18.3. The van der Waals surface area contributed by atoms with Gasteiger partial charge in [-0.25, -0.2) is 9.59 Å². The van der Waals surface area contributed by atoms with E-state index in [1.807, 2.05) is 0 Å². The minimum absolute atomic E-state index is 0.0411. The second-order valence-corrected chi connectivity index (χ2v) is 8.09. The van der Waals surface area contributed by atoms with Gasteiger partial charge >= 0.3 is 24.4 Å². The van der Waals surface area contributed by atoms with Crippen molar-refractivity contribution < 1.29 is 45.4 Å². The minimum Gasteiger partial charge on any atom is -0.489 e. The fourth-order valence-electron chi connectivity index (χ4n) is 3.59. The van der Waals surface area contributed by atoms with Gasteiger partial charge in [0.1, 0.15) is 12.4 Å². The topological polar surface area (TPSA) is 105 Å². The number of fused-ring (bicyclic) bond motifs is 1. The van der Waals surface area contributed by atoms with E-state index < -0.39 is 47.7 Å². The van der Waals surface area contributed by atoms with Gasteiger partial charge in [-0.3, -0.25) is 10.4 Å². The summed E-state index contributed by atoms with van der Waals surface area (Å²) in [5.41, 5.74) is -2.42. The van der Waals surface area contributed by atoms with Crippen molar-refractivity contribution in [1.82, 2.24) is 10.2 Å². The average molecular weight is 552 g/mol. The number of nitrogens with one attached hydrogen (secondary N) is 3. The molecular formula is C25H18F6N4O4. The summed E-state index contributed by atoms with van der Waals surface area (Å²) in [6.07, 6.45) is -9.97. The van der Waals surface area contributed by atoms with E-state index in [4.69, 9.17) is 4.74 Å². The molecule has 3 aromatic carbocycles. The molecule has 0 saturated carbocycles. The summed E-state index contributed by atoms with van der Waals surface area (Å²) >= 11 is 0. The summed E-state index contributed by atoms with van der Waals surface area (Å²) in [7, 11) is 1.22. The Morgan fingerprint density at radius 3 is 2.38 bits per heavy atom. The predicted molar refractivity (Wildman–Crippen MR) is 127 cm³/mol. The fourth-order valence-corrected chi connectivity index (χ4v) is 3.59. The van der Waals surface area contributed by atoms with Crippen LogP contribution in [0.5, 0.6) is 5.75 Å². The summed E-state index contributed by atoms with van der Waals surface area (Å²) in [5.74, 6) is -0.461. The summed E-state index contributed by atoms with van der Waals surface area (Å²) in [4.78, 5) is 24.2. The van der Waals surface area contributed by atoms with Crippen LogP contribution in [0.2, 0.25) is 0 Å².